The van der Waals surface area contributed by atoms with Gasteiger partial charge in [-0.2, -0.15) is 5.10 Å². The summed E-state index contributed by atoms with van der Waals surface area (Å²) in [6.07, 6.45) is 5.68. The fraction of sp³-hybridized carbons (Fsp3) is 0.190. The normalized spacial score (nSPS) is 17.8. The molecule has 4 aromatic rings. The van der Waals surface area contributed by atoms with Crippen LogP contribution in [0.3, 0.4) is 0 Å². The first kappa shape index (κ1) is 18.0. The van der Waals surface area contributed by atoms with Crippen LogP contribution in [0, 0.1) is 0 Å². The maximum atomic E-state index is 12.2. The smallest absolute Gasteiger partial charge is 0.337 e. The number of ether oxygens (including phenoxy) is 1. The highest BCUT2D eigenvalue weighted by Crippen LogP contribution is 2.55. The zero-order chi connectivity index (χ0) is 20.8. The summed E-state index contributed by atoms with van der Waals surface area (Å²) in [6, 6.07) is 9.26. The quantitative estimate of drug-likeness (QED) is 0.501. The van der Waals surface area contributed by atoms with Crippen LogP contribution in [0.4, 0.5) is 0 Å². The second-order valence-electron chi connectivity index (χ2n) is 7.23. The van der Waals surface area contributed by atoms with Gasteiger partial charge in [-0.3, -0.25) is 9.78 Å². The van der Waals surface area contributed by atoms with E-state index in [9.17, 15) is 14.4 Å². The lowest BCUT2D eigenvalue weighted by Crippen LogP contribution is -2.23. The summed E-state index contributed by atoms with van der Waals surface area (Å²) < 4.78 is 6.39. The van der Waals surface area contributed by atoms with Crippen LogP contribution in [0.1, 0.15) is 39.7 Å². The maximum absolute atomic E-state index is 12.2. The number of fused-ring (bicyclic) bond motifs is 1. The van der Waals surface area contributed by atoms with Crippen molar-refractivity contribution in [3.05, 3.63) is 86.5 Å². The molecule has 150 valence electrons. The molecule has 0 unspecified atom stereocenters. The minimum absolute atomic E-state index is 0.211. The topological polar surface area (TPSA) is 122 Å². The van der Waals surface area contributed by atoms with E-state index >= 15 is 0 Å². The van der Waals surface area contributed by atoms with Gasteiger partial charge in [0, 0.05) is 24.2 Å². The Kier molecular flexibility index (Phi) is 4.09. The van der Waals surface area contributed by atoms with E-state index in [1.54, 1.807) is 29.0 Å². The number of carbonyl (C=O) groups excluding carboxylic acids is 1. The zero-order valence-electron chi connectivity index (χ0n) is 16.0. The van der Waals surface area contributed by atoms with Crippen molar-refractivity contribution in [1.82, 2.24) is 24.6 Å². The Bertz CT molecular complexity index is 1380. The molecule has 3 heterocycles. The number of esters is 1. The molecule has 9 heteroatoms. The van der Waals surface area contributed by atoms with Gasteiger partial charge >= 0.3 is 11.7 Å². The molecule has 9 nitrogen and oxygen atoms in total. The number of nitrogens with one attached hydrogen (secondary N) is 2. The number of rotatable bonds is 4. The lowest BCUT2D eigenvalue weighted by molar-refractivity contribution is 0.0600. The molecule has 1 fully saturated rings. The minimum Gasteiger partial charge on any atom is -0.465 e. The third-order valence-electron chi connectivity index (χ3n) is 5.43. The monoisotopic (exact) mass is 403 g/mol. The molecule has 1 saturated carbocycles. The van der Waals surface area contributed by atoms with E-state index in [2.05, 4.69) is 20.1 Å². The molecule has 5 rings (SSSR count). The third kappa shape index (κ3) is 3.00. The summed E-state index contributed by atoms with van der Waals surface area (Å²) in [5.41, 5.74) is 3.03. The number of hydrogen-bond donors (Lipinski definition) is 2. The Labute approximate surface area is 169 Å². The molecule has 2 atom stereocenters. The van der Waals surface area contributed by atoms with Gasteiger partial charge in [0.1, 0.15) is 0 Å². The standard InChI is InChI=1S/C21H17N5O4/c1-30-20(28)12-4-2-11(3-5-12)13-8-14(13)15-9-17(25-26-7-6-22-18(15)26)16-10-23-21(29)24-19(16)27/h2-7,9-10,13-14H,8H2,1H3,(H2,23,24,27,29)/t13-,14+/m1/s1. The van der Waals surface area contributed by atoms with Crippen LogP contribution in [-0.4, -0.2) is 37.6 Å². The van der Waals surface area contributed by atoms with Crippen molar-refractivity contribution < 1.29 is 9.53 Å². The Morgan fingerprint density at radius 3 is 2.73 bits per heavy atom. The van der Waals surface area contributed by atoms with E-state index in [-0.39, 0.29) is 23.4 Å². The summed E-state index contributed by atoms with van der Waals surface area (Å²) in [5, 5.41) is 4.47. The second kappa shape index (κ2) is 6.80. The molecule has 30 heavy (non-hydrogen) atoms. The van der Waals surface area contributed by atoms with E-state index in [4.69, 9.17) is 4.74 Å². The molecule has 0 spiro atoms. The van der Waals surface area contributed by atoms with Crippen LogP contribution in [0.5, 0.6) is 0 Å². The number of benzene rings is 1. The molecule has 1 aliphatic carbocycles. The summed E-state index contributed by atoms with van der Waals surface area (Å²) in [7, 11) is 1.36. The van der Waals surface area contributed by atoms with Crippen LogP contribution in [0.2, 0.25) is 0 Å². The number of aromatic nitrogens is 5. The predicted molar refractivity (Wildman–Crippen MR) is 108 cm³/mol. The number of hydrogen-bond acceptors (Lipinski definition) is 6. The molecule has 3 aromatic heterocycles. The molecule has 1 aromatic carbocycles. The summed E-state index contributed by atoms with van der Waals surface area (Å²) in [6.45, 7) is 0. The SMILES string of the molecule is COC(=O)c1ccc([C@H]2C[C@@H]2c2cc(-c3c[nH]c(=O)[nH]c3=O)nn3ccnc23)cc1. The Balaban J connectivity index is 1.52. The zero-order valence-corrected chi connectivity index (χ0v) is 16.0. The van der Waals surface area contributed by atoms with Crippen molar-refractivity contribution in [2.45, 2.75) is 18.3 Å². The first-order valence-electron chi connectivity index (χ1n) is 9.40. The molecular formula is C21H17N5O4. The Morgan fingerprint density at radius 2 is 2.00 bits per heavy atom. The van der Waals surface area contributed by atoms with Crippen molar-refractivity contribution in [2.75, 3.05) is 7.11 Å². The van der Waals surface area contributed by atoms with Gasteiger partial charge in [0.05, 0.1) is 23.9 Å². The van der Waals surface area contributed by atoms with E-state index in [0.29, 0.717) is 11.3 Å². The number of nitrogens with zero attached hydrogens (tertiary/aromatic N) is 3. The predicted octanol–water partition coefficient (Wildman–Crippen LogP) is 1.83. The molecule has 0 aliphatic heterocycles. The van der Waals surface area contributed by atoms with Crippen LogP contribution in [0.15, 0.2) is 58.5 Å². The Morgan fingerprint density at radius 1 is 1.20 bits per heavy atom. The van der Waals surface area contributed by atoms with Gasteiger partial charge in [-0.25, -0.2) is 19.1 Å². The summed E-state index contributed by atoms with van der Waals surface area (Å²) in [5.74, 6) is 0.127. The second-order valence-corrected chi connectivity index (χ2v) is 7.23. The third-order valence-corrected chi connectivity index (χ3v) is 5.43. The number of aromatic amines is 2. The van der Waals surface area contributed by atoms with Gasteiger partial charge in [0.2, 0.25) is 0 Å². The average molecular weight is 403 g/mol. The first-order chi connectivity index (χ1) is 14.5. The van der Waals surface area contributed by atoms with Gasteiger partial charge in [-0.1, -0.05) is 12.1 Å². The highest BCUT2D eigenvalue weighted by atomic mass is 16.5. The average Bonchev–Trinajstić information content (AvgIpc) is 3.41. The molecular weight excluding hydrogens is 386 g/mol. The molecule has 0 saturated heterocycles. The van der Waals surface area contributed by atoms with Gasteiger partial charge in [0.25, 0.3) is 5.56 Å². The van der Waals surface area contributed by atoms with E-state index < -0.39 is 11.2 Å². The van der Waals surface area contributed by atoms with Crippen LogP contribution >= 0.6 is 0 Å². The molecule has 0 radical (unpaired) electrons. The lowest BCUT2D eigenvalue weighted by Gasteiger charge is -2.08. The summed E-state index contributed by atoms with van der Waals surface area (Å²) >= 11 is 0. The van der Waals surface area contributed by atoms with Gasteiger partial charge in [-0.15, -0.1) is 0 Å². The van der Waals surface area contributed by atoms with Crippen LogP contribution < -0.4 is 11.2 Å². The number of carbonyl (C=O) groups is 1. The summed E-state index contributed by atoms with van der Waals surface area (Å²) in [4.78, 5) is 44.4. The maximum Gasteiger partial charge on any atom is 0.337 e. The van der Waals surface area contributed by atoms with Crippen LogP contribution in [0.25, 0.3) is 16.9 Å². The number of imidazole rings is 1. The van der Waals surface area contributed by atoms with Gasteiger partial charge < -0.3 is 9.72 Å². The minimum atomic E-state index is -0.564. The van der Waals surface area contributed by atoms with Crippen molar-refractivity contribution in [3.8, 4) is 11.3 Å². The van der Waals surface area contributed by atoms with Gasteiger partial charge in [-0.05, 0) is 42.0 Å². The largest absolute Gasteiger partial charge is 0.465 e. The fourth-order valence-corrected chi connectivity index (χ4v) is 3.84. The molecule has 0 bridgehead atoms. The molecule has 0 amide bonds. The number of H-pyrrole nitrogens is 2. The van der Waals surface area contributed by atoms with Crippen molar-refractivity contribution >= 4 is 11.6 Å². The molecule has 2 N–H and O–H groups in total. The Hall–Kier alpha value is -4.01. The highest BCUT2D eigenvalue weighted by molar-refractivity contribution is 5.89. The van der Waals surface area contributed by atoms with Crippen molar-refractivity contribution in [1.29, 1.82) is 0 Å². The van der Waals surface area contributed by atoms with Crippen LogP contribution in [-0.2, 0) is 4.74 Å². The van der Waals surface area contributed by atoms with Crippen molar-refractivity contribution in [3.63, 3.8) is 0 Å². The fourth-order valence-electron chi connectivity index (χ4n) is 3.84. The van der Waals surface area contributed by atoms with E-state index in [1.807, 2.05) is 18.2 Å². The number of methoxy groups -OCH3 is 1. The van der Waals surface area contributed by atoms with E-state index in [0.717, 1.165) is 23.2 Å². The van der Waals surface area contributed by atoms with Gasteiger partial charge in [0.15, 0.2) is 5.65 Å². The van der Waals surface area contributed by atoms with E-state index in [1.165, 1.54) is 13.3 Å². The first-order valence-corrected chi connectivity index (χ1v) is 9.40. The molecule has 1 aliphatic rings. The van der Waals surface area contributed by atoms with Crippen molar-refractivity contribution in [2.24, 2.45) is 0 Å². The lowest BCUT2D eigenvalue weighted by atomic mass is 10.0. The highest BCUT2D eigenvalue weighted by Gasteiger charge is 2.41.